The van der Waals surface area contributed by atoms with Gasteiger partial charge in [0.15, 0.2) is 11.2 Å². The summed E-state index contributed by atoms with van der Waals surface area (Å²) >= 11 is 0. The van der Waals surface area contributed by atoms with E-state index in [4.69, 9.17) is 14.5 Å². The summed E-state index contributed by atoms with van der Waals surface area (Å²) in [7, 11) is 1.64. The van der Waals surface area contributed by atoms with Crippen molar-refractivity contribution in [3.05, 3.63) is 130 Å². The number of fused-ring (bicyclic) bond motifs is 1. The van der Waals surface area contributed by atoms with Gasteiger partial charge < -0.3 is 19.4 Å². The Morgan fingerprint density at radius 3 is 2.23 bits per heavy atom. The van der Waals surface area contributed by atoms with Gasteiger partial charge in [0.2, 0.25) is 5.95 Å². The maximum absolute atomic E-state index is 13.4. The molecule has 1 aliphatic carbocycles. The van der Waals surface area contributed by atoms with E-state index in [1.807, 2.05) is 71.3 Å². The number of carbonyl (C=O) groups is 1. The Labute approximate surface area is 249 Å². The third kappa shape index (κ3) is 5.30. The monoisotopic (exact) mass is 575 g/mol. The number of benzene rings is 3. The van der Waals surface area contributed by atoms with Gasteiger partial charge in [-0.15, -0.1) is 0 Å². The average Bonchev–Trinajstić information content (AvgIpc) is 3.49. The van der Waals surface area contributed by atoms with Crippen molar-refractivity contribution in [2.75, 3.05) is 19.0 Å². The van der Waals surface area contributed by atoms with Crippen LogP contribution >= 0.6 is 0 Å². The number of aromatic nitrogens is 4. The number of anilines is 1. The number of hydrogen-bond donors (Lipinski definition) is 2. The molecule has 2 heterocycles. The number of nitrogens with zero attached hydrogens (tertiary/aromatic N) is 3. The molecule has 0 saturated carbocycles. The molecule has 0 radical (unpaired) electrons. The summed E-state index contributed by atoms with van der Waals surface area (Å²) in [5.74, 6) is 0.777. The number of carbonyl (C=O) groups excluding carboxylic acids is 1. The fourth-order valence-electron chi connectivity index (χ4n) is 5.85. The highest BCUT2D eigenvalue weighted by Crippen LogP contribution is 2.40. The second-order valence-electron chi connectivity index (χ2n) is 10.5. The molecular weight excluding hydrogens is 542 g/mol. The van der Waals surface area contributed by atoms with Crippen molar-refractivity contribution < 1.29 is 14.3 Å². The molecule has 0 bridgehead atoms. The molecule has 218 valence electrons. The van der Waals surface area contributed by atoms with Crippen molar-refractivity contribution in [3.8, 4) is 5.75 Å². The van der Waals surface area contributed by atoms with Crippen LogP contribution in [-0.4, -0.2) is 39.2 Å². The van der Waals surface area contributed by atoms with Gasteiger partial charge in [0.25, 0.3) is 5.56 Å². The summed E-state index contributed by atoms with van der Waals surface area (Å²) in [4.78, 5) is 37.9. The van der Waals surface area contributed by atoms with Crippen LogP contribution < -0.4 is 15.6 Å². The second kappa shape index (κ2) is 12.0. The van der Waals surface area contributed by atoms with Gasteiger partial charge >= 0.3 is 5.97 Å². The van der Waals surface area contributed by atoms with Crippen LogP contribution in [0.5, 0.6) is 5.75 Å². The number of imidazole rings is 1. The maximum Gasteiger partial charge on any atom is 0.333 e. The minimum atomic E-state index is -0.911. The van der Waals surface area contributed by atoms with E-state index in [9.17, 15) is 9.59 Å². The van der Waals surface area contributed by atoms with E-state index in [0.29, 0.717) is 43.0 Å². The van der Waals surface area contributed by atoms with Crippen LogP contribution in [0.3, 0.4) is 0 Å². The molecule has 6 rings (SSSR count). The van der Waals surface area contributed by atoms with Crippen molar-refractivity contribution in [2.24, 2.45) is 0 Å². The minimum absolute atomic E-state index is 0.0000754. The third-order valence-electron chi connectivity index (χ3n) is 7.99. The molecule has 9 heteroatoms. The summed E-state index contributed by atoms with van der Waals surface area (Å²) in [6.07, 6.45) is 5.48. The summed E-state index contributed by atoms with van der Waals surface area (Å²) in [6.45, 7) is 2.15. The first kappa shape index (κ1) is 28.0. The number of rotatable bonds is 9. The smallest absolute Gasteiger partial charge is 0.333 e. The van der Waals surface area contributed by atoms with Crippen molar-refractivity contribution in [3.63, 3.8) is 0 Å². The van der Waals surface area contributed by atoms with E-state index in [0.717, 1.165) is 22.4 Å². The zero-order chi connectivity index (χ0) is 29.8. The standard InChI is InChI=1S/C34H33N5O4/c1-3-43-32(41)23-14-18-27(19-15-23)39-22-35-29-30(39)36-33(37-31(29)40)38-34(24-10-6-4-7-11-24,25-12-8-5-9-13-25)26-16-20-28(42-2)21-17-26/h4-14,16-17,20-22,27H,3,15,18-19H2,1-2H3,(H2,36,37,38,40). The summed E-state index contributed by atoms with van der Waals surface area (Å²) in [6, 6.07) is 28.0. The number of nitrogens with one attached hydrogen (secondary N) is 2. The quantitative estimate of drug-likeness (QED) is 0.170. The molecule has 2 N–H and O–H groups in total. The van der Waals surface area contributed by atoms with Crippen LogP contribution in [0.15, 0.2) is 108 Å². The predicted molar refractivity (Wildman–Crippen MR) is 165 cm³/mol. The van der Waals surface area contributed by atoms with Crippen molar-refractivity contribution in [2.45, 2.75) is 37.8 Å². The zero-order valence-corrected chi connectivity index (χ0v) is 24.1. The molecule has 3 aromatic carbocycles. The maximum atomic E-state index is 13.4. The fraction of sp³-hybridized carbons (Fsp3) is 0.235. The Morgan fingerprint density at radius 2 is 1.65 bits per heavy atom. The first-order valence-corrected chi connectivity index (χ1v) is 14.4. The van der Waals surface area contributed by atoms with E-state index in [1.54, 1.807) is 20.4 Å². The second-order valence-corrected chi connectivity index (χ2v) is 10.5. The Balaban J connectivity index is 1.47. The molecule has 0 saturated heterocycles. The fourth-order valence-corrected chi connectivity index (χ4v) is 5.85. The van der Waals surface area contributed by atoms with E-state index in [1.165, 1.54) is 0 Å². The minimum Gasteiger partial charge on any atom is -0.497 e. The van der Waals surface area contributed by atoms with Gasteiger partial charge in [-0.3, -0.25) is 9.78 Å². The van der Waals surface area contributed by atoms with Gasteiger partial charge in [0, 0.05) is 11.6 Å². The molecule has 0 spiro atoms. The molecule has 2 aromatic heterocycles. The van der Waals surface area contributed by atoms with Crippen LogP contribution in [-0.2, 0) is 15.1 Å². The molecular formula is C34H33N5O4. The number of methoxy groups -OCH3 is 1. The number of aromatic amines is 1. The lowest BCUT2D eigenvalue weighted by molar-refractivity contribution is -0.138. The Hall–Kier alpha value is -5.18. The summed E-state index contributed by atoms with van der Waals surface area (Å²) < 4.78 is 12.6. The Morgan fingerprint density at radius 1 is 1.00 bits per heavy atom. The van der Waals surface area contributed by atoms with Crippen LogP contribution in [0.4, 0.5) is 5.95 Å². The van der Waals surface area contributed by atoms with Crippen LogP contribution in [0.2, 0.25) is 0 Å². The Bertz CT molecular complexity index is 1770. The molecule has 0 fully saturated rings. The Kier molecular flexibility index (Phi) is 7.79. The van der Waals surface area contributed by atoms with Gasteiger partial charge in [-0.05, 0) is 55.0 Å². The van der Waals surface area contributed by atoms with Gasteiger partial charge in [0.1, 0.15) is 11.3 Å². The molecule has 0 amide bonds. The average molecular weight is 576 g/mol. The summed E-state index contributed by atoms with van der Waals surface area (Å²) in [5.41, 5.74) is 3.05. The number of hydrogen-bond acceptors (Lipinski definition) is 7. The van der Waals surface area contributed by atoms with Crippen LogP contribution in [0.1, 0.15) is 48.9 Å². The number of allylic oxidation sites excluding steroid dienone is 1. The summed E-state index contributed by atoms with van der Waals surface area (Å²) in [5, 5.41) is 3.65. The van der Waals surface area contributed by atoms with Gasteiger partial charge in [-0.25, -0.2) is 9.78 Å². The normalized spacial score (nSPS) is 15.1. The highest BCUT2D eigenvalue weighted by atomic mass is 16.5. The lowest BCUT2D eigenvalue weighted by atomic mass is 9.77. The van der Waals surface area contributed by atoms with Crippen molar-refractivity contribution in [1.29, 1.82) is 0 Å². The van der Waals surface area contributed by atoms with Gasteiger partial charge in [-0.1, -0.05) is 78.9 Å². The largest absolute Gasteiger partial charge is 0.497 e. The van der Waals surface area contributed by atoms with Crippen LogP contribution in [0, 0.1) is 0 Å². The number of esters is 1. The topological polar surface area (TPSA) is 111 Å². The first-order chi connectivity index (χ1) is 21.0. The SMILES string of the molecule is CCOC(=O)C1=CCC(n2cnc3c(=O)[nH]c(NC(c4ccccc4)(c4ccccc4)c4ccc(OC)cc4)nc32)CC1. The zero-order valence-electron chi connectivity index (χ0n) is 24.1. The van der Waals surface area contributed by atoms with Crippen molar-refractivity contribution >= 4 is 23.1 Å². The van der Waals surface area contributed by atoms with Gasteiger partial charge in [-0.2, -0.15) is 4.98 Å². The lowest BCUT2D eigenvalue weighted by Crippen LogP contribution is -2.39. The van der Waals surface area contributed by atoms with E-state index >= 15 is 0 Å². The number of H-pyrrole nitrogens is 1. The van der Waals surface area contributed by atoms with E-state index in [-0.39, 0.29) is 23.1 Å². The first-order valence-electron chi connectivity index (χ1n) is 14.4. The number of ether oxygens (including phenoxy) is 2. The van der Waals surface area contributed by atoms with Crippen molar-refractivity contribution in [1.82, 2.24) is 19.5 Å². The van der Waals surface area contributed by atoms with E-state index in [2.05, 4.69) is 39.6 Å². The molecule has 1 unspecified atom stereocenters. The predicted octanol–water partition coefficient (Wildman–Crippen LogP) is 5.75. The van der Waals surface area contributed by atoms with Gasteiger partial charge in [0.05, 0.1) is 20.0 Å². The van der Waals surface area contributed by atoms with Crippen LogP contribution in [0.25, 0.3) is 11.2 Å². The third-order valence-corrected chi connectivity index (χ3v) is 7.99. The molecule has 1 atom stereocenters. The molecule has 5 aromatic rings. The van der Waals surface area contributed by atoms with E-state index < -0.39 is 5.54 Å². The molecule has 0 aliphatic heterocycles. The highest BCUT2D eigenvalue weighted by molar-refractivity contribution is 5.88. The molecule has 9 nitrogen and oxygen atoms in total. The molecule has 1 aliphatic rings. The highest BCUT2D eigenvalue weighted by Gasteiger charge is 2.37. The molecule has 43 heavy (non-hydrogen) atoms. The lowest BCUT2D eigenvalue weighted by Gasteiger charge is -2.37.